The van der Waals surface area contributed by atoms with Gasteiger partial charge in [0.2, 0.25) is 0 Å². The van der Waals surface area contributed by atoms with E-state index in [2.05, 4.69) is 32.0 Å². The summed E-state index contributed by atoms with van der Waals surface area (Å²) in [7, 11) is 0. The molecule has 0 aromatic heterocycles. The summed E-state index contributed by atoms with van der Waals surface area (Å²) in [4.78, 5) is 0. The van der Waals surface area contributed by atoms with Gasteiger partial charge in [0.25, 0.3) is 0 Å². The third-order valence-electron chi connectivity index (χ3n) is 2.40. The summed E-state index contributed by atoms with van der Waals surface area (Å²) in [5.74, 6) is 0. The first kappa shape index (κ1) is 11.3. The van der Waals surface area contributed by atoms with Gasteiger partial charge in [-0.2, -0.15) is 0 Å². The molecule has 1 rings (SSSR count). The maximum absolute atomic E-state index is 9.20. The van der Waals surface area contributed by atoms with Crippen LogP contribution in [0.1, 0.15) is 26.7 Å². The fourth-order valence-corrected chi connectivity index (χ4v) is 3.55. The Bertz CT molecular complexity index is 309. The zero-order valence-corrected chi connectivity index (χ0v) is 10.4. The van der Waals surface area contributed by atoms with Crippen molar-refractivity contribution in [2.24, 2.45) is 0 Å². The van der Waals surface area contributed by atoms with Gasteiger partial charge < -0.3 is 0 Å². The Labute approximate surface area is 92.3 Å². The first-order valence-electron chi connectivity index (χ1n) is 4.91. The molecule has 1 aromatic carbocycles. The Kier molecular flexibility index (Phi) is 4.19. The van der Waals surface area contributed by atoms with Gasteiger partial charge >= 0.3 is 92.1 Å². The summed E-state index contributed by atoms with van der Waals surface area (Å²) in [6.45, 7) is 4.22. The van der Waals surface area contributed by atoms with Crippen LogP contribution >= 0.6 is 0 Å². The van der Waals surface area contributed by atoms with Crippen LogP contribution in [0.2, 0.25) is 4.31 Å². The third-order valence-corrected chi connectivity index (χ3v) is 5.69. The van der Waals surface area contributed by atoms with Gasteiger partial charge in [0, 0.05) is 0 Å². The van der Waals surface area contributed by atoms with E-state index < -0.39 is 0 Å². The number of hydrogen-bond acceptors (Lipinski definition) is 1. The van der Waals surface area contributed by atoms with Gasteiger partial charge in [-0.15, -0.1) is 0 Å². The fraction of sp³-hybridized carbons (Fsp3) is 0.417. The molecule has 0 saturated carbocycles. The molecule has 1 nitrogen and oxygen atoms in total. The number of hydrogen-bond donors (Lipinski definition) is 0. The molecule has 0 saturated heterocycles. The van der Waals surface area contributed by atoms with E-state index in [1.54, 1.807) is 0 Å². The SMILES string of the molecule is CCC(C#N)(CC)[Se]c1ccccc1. The van der Waals surface area contributed by atoms with Crippen LogP contribution in [0.5, 0.6) is 0 Å². The van der Waals surface area contributed by atoms with Crippen molar-refractivity contribution < 1.29 is 0 Å². The molecular weight excluding hydrogens is 237 g/mol. The molecule has 14 heavy (non-hydrogen) atoms. The van der Waals surface area contributed by atoms with Gasteiger partial charge in [0.05, 0.1) is 0 Å². The molecule has 0 atom stereocenters. The van der Waals surface area contributed by atoms with Crippen LogP contribution in [-0.4, -0.2) is 15.0 Å². The van der Waals surface area contributed by atoms with Crippen molar-refractivity contribution in [3.63, 3.8) is 0 Å². The second-order valence-electron chi connectivity index (χ2n) is 3.23. The van der Waals surface area contributed by atoms with Crippen LogP contribution < -0.4 is 4.46 Å². The minimum atomic E-state index is -0.103. The average Bonchev–Trinajstić information content (AvgIpc) is 2.28. The molecule has 2 heteroatoms. The van der Waals surface area contributed by atoms with Gasteiger partial charge in [-0.3, -0.25) is 0 Å². The van der Waals surface area contributed by atoms with Crippen molar-refractivity contribution in [1.29, 1.82) is 5.26 Å². The van der Waals surface area contributed by atoms with Crippen LogP contribution in [0, 0.1) is 11.3 Å². The second kappa shape index (κ2) is 5.19. The molecule has 0 fully saturated rings. The van der Waals surface area contributed by atoms with Crippen molar-refractivity contribution >= 4 is 19.4 Å². The van der Waals surface area contributed by atoms with Crippen molar-refractivity contribution in [2.45, 2.75) is 31.0 Å². The molecule has 0 unspecified atom stereocenters. The van der Waals surface area contributed by atoms with Crippen molar-refractivity contribution in [1.82, 2.24) is 0 Å². The Morgan fingerprint density at radius 3 is 2.21 bits per heavy atom. The van der Waals surface area contributed by atoms with E-state index in [1.165, 1.54) is 4.46 Å². The molecule has 0 spiro atoms. The average molecular weight is 252 g/mol. The topological polar surface area (TPSA) is 23.8 Å². The Balaban J connectivity index is 2.81. The quantitative estimate of drug-likeness (QED) is 0.755. The molecule has 0 heterocycles. The standard InChI is InChI=1S/C12H15NSe/c1-3-12(4-2,10-13)14-11-8-6-5-7-9-11/h5-9H,3-4H2,1-2H3. The number of nitriles is 1. The zero-order valence-electron chi connectivity index (χ0n) is 8.66. The van der Waals surface area contributed by atoms with Crippen molar-refractivity contribution in [3.8, 4) is 6.07 Å². The second-order valence-corrected chi connectivity index (χ2v) is 6.29. The summed E-state index contributed by atoms with van der Waals surface area (Å²) in [5, 5.41) is 9.20. The molecule has 0 bridgehead atoms. The van der Waals surface area contributed by atoms with Crippen LogP contribution in [0.3, 0.4) is 0 Å². The normalized spacial score (nSPS) is 10.9. The Morgan fingerprint density at radius 1 is 1.21 bits per heavy atom. The predicted octanol–water partition coefficient (Wildman–Crippen LogP) is 2.52. The van der Waals surface area contributed by atoms with E-state index in [0.717, 1.165) is 12.8 Å². The van der Waals surface area contributed by atoms with E-state index >= 15 is 0 Å². The monoisotopic (exact) mass is 253 g/mol. The summed E-state index contributed by atoms with van der Waals surface area (Å²) in [6, 6.07) is 12.8. The first-order chi connectivity index (χ1) is 6.76. The summed E-state index contributed by atoms with van der Waals surface area (Å²) >= 11 is 0.270. The van der Waals surface area contributed by atoms with Crippen LogP contribution in [0.15, 0.2) is 30.3 Å². The molecule has 74 valence electrons. The molecule has 1 aromatic rings. The predicted molar refractivity (Wildman–Crippen MR) is 60.7 cm³/mol. The molecule has 0 N–H and O–H groups in total. The third kappa shape index (κ3) is 2.61. The number of benzene rings is 1. The number of nitrogens with zero attached hydrogens (tertiary/aromatic N) is 1. The maximum atomic E-state index is 9.20. The molecule has 0 aliphatic carbocycles. The fourth-order valence-electron chi connectivity index (χ4n) is 1.29. The first-order valence-corrected chi connectivity index (χ1v) is 6.63. The van der Waals surface area contributed by atoms with Crippen LogP contribution in [0.25, 0.3) is 0 Å². The van der Waals surface area contributed by atoms with E-state index in [9.17, 15) is 5.26 Å². The van der Waals surface area contributed by atoms with Gasteiger partial charge in [0.1, 0.15) is 0 Å². The Hall–Kier alpha value is -0.771. The molecule has 0 aliphatic heterocycles. The van der Waals surface area contributed by atoms with E-state index in [4.69, 9.17) is 0 Å². The zero-order chi connectivity index (χ0) is 10.4. The van der Waals surface area contributed by atoms with Gasteiger partial charge in [-0.05, 0) is 0 Å². The van der Waals surface area contributed by atoms with Gasteiger partial charge in [-0.25, -0.2) is 0 Å². The molecule has 0 amide bonds. The van der Waals surface area contributed by atoms with E-state index in [1.807, 2.05) is 18.2 Å². The molecule has 0 radical (unpaired) electrons. The minimum absolute atomic E-state index is 0.103. The molecular formula is C12H15NSe. The van der Waals surface area contributed by atoms with Gasteiger partial charge in [-0.1, -0.05) is 0 Å². The van der Waals surface area contributed by atoms with Crippen LogP contribution in [0.4, 0.5) is 0 Å². The summed E-state index contributed by atoms with van der Waals surface area (Å²) < 4.78 is 1.22. The van der Waals surface area contributed by atoms with E-state index in [-0.39, 0.29) is 19.3 Å². The van der Waals surface area contributed by atoms with Crippen molar-refractivity contribution in [2.75, 3.05) is 0 Å². The van der Waals surface area contributed by atoms with E-state index in [0.29, 0.717) is 0 Å². The Morgan fingerprint density at radius 2 is 1.79 bits per heavy atom. The summed E-state index contributed by atoms with van der Waals surface area (Å²) in [6.07, 6.45) is 1.91. The van der Waals surface area contributed by atoms with Crippen LogP contribution in [-0.2, 0) is 0 Å². The van der Waals surface area contributed by atoms with Gasteiger partial charge in [0.15, 0.2) is 0 Å². The molecule has 0 aliphatic rings. The number of rotatable bonds is 4. The van der Waals surface area contributed by atoms with Crippen molar-refractivity contribution in [3.05, 3.63) is 30.3 Å². The summed E-state index contributed by atoms with van der Waals surface area (Å²) in [5.41, 5.74) is 0.